The van der Waals surface area contributed by atoms with Gasteiger partial charge in [0, 0.05) is 25.7 Å². The summed E-state index contributed by atoms with van der Waals surface area (Å²) in [4.78, 5) is 10.5. The van der Waals surface area contributed by atoms with Crippen LogP contribution >= 0.6 is 0 Å². The predicted molar refractivity (Wildman–Crippen MR) is 78.2 cm³/mol. The summed E-state index contributed by atoms with van der Waals surface area (Å²) in [6.07, 6.45) is 6.57. The number of nitrogens with zero attached hydrogens (tertiary/aromatic N) is 3. The van der Waals surface area contributed by atoms with Crippen LogP contribution < -0.4 is 10.2 Å². The molecule has 0 spiro atoms. The van der Waals surface area contributed by atoms with Crippen LogP contribution in [0.1, 0.15) is 46.5 Å². The number of anilines is 2. The number of rotatable bonds is 7. The van der Waals surface area contributed by atoms with E-state index in [0.717, 1.165) is 18.1 Å². The summed E-state index contributed by atoms with van der Waals surface area (Å²) in [7, 11) is 3.97. The molecule has 0 fully saturated rings. The zero-order valence-electron chi connectivity index (χ0n) is 12.3. The van der Waals surface area contributed by atoms with Gasteiger partial charge >= 0.3 is 0 Å². The Morgan fingerprint density at radius 2 is 1.94 bits per heavy atom. The third-order valence-corrected chi connectivity index (χ3v) is 2.98. The highest BCUT2D eigenvalue weighted by molar-refractivity contribution is 5.48. The molecule has 0 aromatic carbocycles. The van der Waals surface area contributed by atoms with Crippen LogP contribution in [0.4, 0.5) is 11.6 Å². The first-order valence-corrected chi connectivity index (χ1v) is 6.72. The third-order valence-electron chi connectivity index (χ3n) is 2.98. The van der Waals surface area contributed by atoms with E-state index in [1.807, 2.05) is 25.1 Å². The second-order valence-corrected chi connectivity index (χ2v) is 5.62. The number of aromatic nitrogens is 2. The Morgan fingerprint density at radius 3 is 2.56 bits per heavy atom. The lowest BCUT2D eigenvalue weighted by molar-refractivity contribution is 0.482. The molecule has 4 nitrogen and oxygen atoms in total. The summed E-state index contributed by atoms with van der Waals surface area (Å²) in [5.41, 5.74) is 0.0765. The maximum absolute atomic E-state index is 4.29. The van der Waals surface area contributed by atoms with Crippen molar-refractivity contribution in [3.63, 3.8) is 0 Å². The number of hydrogen-bond donors (Lipinski definition) is 1. The van der Waals surface area contributed by atoms with Crippen LogP contribution in [0.2, 0.25) is 0 Å². The zero-order chi connectivity index (χ0) is 13.6. The van der Waals surface area contributed by atoms with Crippen molar-refractivity contribution in [1.82, 2.24) is 9.97 Å². The average Bonchev–Trinajstić information content (AvgIpc) is 2.28. The molecular formula is C14H26N4. The van der Waals surface area contributed by atoms with E-state index in [-0.39, 0.29) is 5.54 Å². The van der Waals surface area contributed by atoms with E-state index < -0.39 is 0 Å². The van der Waals surface area contributed by atoms with Crippen LogP contribution in [0.15, 0.2) is 12.4 Å². The van der Waals surface area contributed by atoms with Crippen LogP contribution in [0.25, 0.3) is 0 Å². The van der Waals surface area contributed by atoms with Crippen molar-refractivity contribution in [3.8, 4) is 0 Å². The highest BCUT2D eigenvalue weighted by Gasteiger charge is 2.17. The minimum absolute atomic E-state index is 0.0765. The van der Waals surface area contributed by atoms with Gasteiger partial charge in [-0.05, 0) is 20.3 Å². The normalized spacial score (nSPS) is 11.4. The van der Waals surface area contributed by atoms with Gasteiger partial charge in [-0.3, -0.25) is 0 Å². The molecule has 0 saturated heterocycles. The lowest BCUT2D eigenvalue weighted by Crippen LogP contribution is -2.31. The topological polar surface area (TPSA) is 41.0 Å². The molecule has 1 aromatic rings. The molecule has 18 heavy (non-hydrogen) atoms. The van der Waals surface area contributed by atoms with Gasteiger partial charge in [0.05, 0.1) is 0 Å². The van der Waals surface area contributed by atoms with Gasteiger partial charge < -0.3 is 10.2 Å². The van der Waals surface area contributed by atoms with Crippen molar-refractivity contribution in [3.05, 3.63) is 12.4 Å². The van der Waals surface area contributed by atoms with Crippen molar-refractivity contribution in [2.75, 3.05) is 24.3 Å². The van der Waals surface area contributed by atoms with Gasteiger partial charge in [0.1, 0.15) is 18.0 Å². The molecule has 1 heterocycles. The van der Waals surface area contributed by atoms with E-state index >= 15 is 0 Å². The van der Waals surface area contributed by atoms with E-state index in [1.54, 1.807) is 6.33 Å². The minimum Gasteiger partial charge on any atom is -0.365 e. The van der Waals surface area contributed by atoms with Crippen LogP contribution in [-0.4, -0.2) is 29.6 Å². The highest BCUT2D eigenvalue weighted by atomic mass is 15.2. The Bertz CT molecular complexity index is 361. The SMILES string of the molecule is CCCCCC(C)(C)Nc1cc(N(C)C)ncn1. The first-order valence-electron chi connectivity index (χ1n) is 6.72. The van der Waals surface area contributed by atoms with Crippen LogP contribution in [-0.2, 0) is 0 Å². The van der Waals surface area contributed by atoms with Gasteiger partial charge in [0.2, 0.25) is 0 Å². The number of hydrogen-bond acceptors (Lipinski definition) is 4. The van der Waals surface area contributed by atoms with Crippen molar-refractivity contribution >= 4 is 11.6 Å². The van der Waals surface area contributed by atoms with E-state index in [1.165, 1.54) is 19.3 Å². The summed E-state index contributed by atoms with van der Waals surface area (Å²) in [6, 6.07) is 1.99. The fourth-order valence-corrected chi connectivity index (χ4v) is 1.89. The summed E-state index contributed by atoms with van der Waals surface area (Å²) in [5.74, 6) is 1.83. The molecule has 0 aliphatic heterocycles. The molecule has 102 valence electrons. The molecule has 0 bridgehead atoms. The van der Waals surface area contributed by atoms with Gasteiger partial charge in [-0.25, -0.2) is 9.97 Å². The summed E-state index contributed by atoms with van der Waals surface area (Å²) in [5, 5.41) is 3.49. The second kappa shape index (κ2) is 6.57. The minimum atomic E-state index is 0.0765. The van der Waals surface area contributed by atoms with Crippen LogP contribution in [0.3, 0.4) is 0 Å². The summed E-state index contributed by atoms with van der Waals surface area (Å²) < 4.78 is 0. The third kappa shape index (κ3) is 4.90. The maximum Gasteiger partial charge on any atom is 0.133 e. The average molecular weight is 250 g/mol. The molecule has 4 heteroatoms. The smallest absolute Gasteiger partial charge is 0.133 e. The molecule has 0 unspecified atom stereocenters. The Balaban J connectivity index is 2.62. The quantitative estimate of drug-likeness (QED) is 0.754. The second-order valence-electron chi connectivity index (χ2n) is 5.62. The number of unbranched alkanes of at least 4 members (excludes halogenated alkanes) is 2. The molecule has 0 amide bonds. The Kier molecular flexibility index (Phi) is 5.38. The fourth-order valence-electron chi connectivity index (χ4n) is 1.89. The summed E-state index contributed by atoms with van der Waals surface area (Å²) >= 11 is 0. The standard InChI is InChI=1S/C14H26N4/c1-6-7-8-9-14(2,3)17-12-10-13(18(4)5)16-11-15-12/h10-11H,6-9H2,1-5H3,(H,15,16,17). The van der Waals surface area contributed by atoms with E-state index in [4.69, 9.17) is 0 Å². The molecule has 1 rings (SSSR count). The van der Waals surface area contributed by atoms with Gasteiger partial charge in [0.15, 0.2) is 0 Å². The molecule has 0 aliphatic carbocycles. The fraction of sp³-hybridized carbons (Fsp3) is 0.714. The Labute approximate surface area is 111 Å². The molecule has 0 radical (unpaired) electrons. The summed E-state index contributed by atoms with van der Waals surface area (Å²) in [6.45, 7) is 6.68. The number of nitrogens with one attached hydrogen (secondary N) is 1. The van der Waals surface area contributed by atoms with E-state index in [2.05, 4.69) is 36.1 Å². The van der Waals surface area contributed by atoms with Crippen LogP contribution in [0, 0.1) is 0 Å². The van der Waals surface area contributed by atoms with E-state index in [9.17, 15) is 0 Å². The lowest BCUT2D eigenvalue weighted by atomic mass is 9.97. The first-order chi connectivity index (χ1) is 8.44. The monoisotopic (exact) mass is 250 g/mol. The van der Waals surface area contributed by atoms with Crippen molar-refractivity contribution in [2.45, 2.75) is 52.0 Å². The Morgan fingerprint density at radius 1 is 1.22 bits per heavy atom. The molecular weight excluding hydrogens is 224 g/mol. The maximum atomic E-state index is 4.29. The first kappa shape index (κ1) is 14.7. The van der Waals surface area contributed by atoms with Crippen molar-refractivity contribution < 1.29 is 0 Å². The molecule has 0 atom stereocenters. The predicted octanol–water partition coefficient (Wildman–Crippen LogP) is 3.31. The van der Waals surface area contributed by atoms with Crippen molar-refractivity contribution in [1.29, 1.82) is 0 Å². The lowest BCUT2D eigenvalue weighted by Gasteiger charge is -2.27. The van der Waals surface area contributed by atoms with Gasteiger partial charge in [-0.15, -0.1) is 0 Å². The largest absolute Gasteiger partial charge is 0.365 e. The molecule has 0 aliphatic rings. The highest BCUT2D eigenvalue weighted by Crippen LogP contribution is 2.21. The van der Waals surface area contributed by atoms with Crippen LogP contribution in [0.5, 0.6) is 0 Å². The van der Waals surface area contributed by atoms with Gasteiger partial charge in [-0.1, -0.05) is 26.2 Å². The Hall–Kier alpha value is -1.32. The molecule has 1 N–H and O–H groups in total. The van der Waals surface area contributed by atoms with Gasteiger partial charge in [-0.2, -0.15) is 0 Å². The molecule has 1 aromatic heterocycles. The van der Waals surface area contributed by atoms with E-state index in [0.29, 0.717) is 0 Å². The molecule has 0 saturated carbocycles. The zero-order valence-corrected chi connectivity index (χ0v) is 12.3. The van der Waals surface area contributed by atoms with Crippen molar-refractivity contribution in [2.24, 2.45) is 0 Å². The van der Waals surface area contributed by atoms with Gasteiger partial charge in [0.25, 0.3) is 0 Å².